The van der Waals surface area contributed by atoms with Crippen molar-refractivity contribution < 1.29 is 63.8 Å². The Labute approximate surface area is 468 Å². The fraction of sp³-hybridized carbons (Fsp3) is 0.673. The SMILES string of the molecule is C.CN1CCN(c2ccc3nc(-c4ccc(OCCn5cc(CCCCc6cn(C[C@H]7OC(O[C@@H]8C(O)[C@H](N)CC(N)[C@H]8O[C@H]8OC(CN)[C@@H](O)[C@H](O)C8N)[C@@H](O)[C@H]7O[C@H]7O[C@@H](CN)[C@@H](O)C(O)C7N)nn6)nn5)cc4)[nH]c3c2)CC1. The molecule has 10 rings (SSSR count). The van der Waals surface area contributed by atoms with Gasteiger partial charge in [0.2, 0.25) is 0 Å². The summed E-state index contributed by atoms with van der Waals surface area (Å²) in [4.78, 5) is 13.1. The minimum absolute atomic E-state index is 0. The first-order valence-electron chi connectivity index (χ1n) is 27.4. The maximum Gasteiger partial charge on any atom is 0.187 e. The highest BCUT2D eigenvalue weighted by atomic mass is 16.8. The van der Waals surface area contributed by atoms with Gasteiger partial charge in [-0.2, -0.15) is 0 Å². The van der Waals surface area contributed by atoms with Gasteiger partial charge in [0, 0.05) is 75.0 Å². The van der Waals surface area contributed by atoms with Crippen LogP contribution in [0.15, 0.2) is 54.9 Å². The second-order valence-electron chi connectivity index (χ2n) is 21.6. The highest BCUT2D eigenvalue weighted by molar-refractivity contribution is 5.83. The van der Waals surface area contributed by atoms with E-state index in [4.69, 9.17) is 72.5 Å². The molecule has 3 aromatic heterocycles. The third kappa shape index (κ3) is 13.7. The molecule has 5 fully saturated rings. The Balaban J connectivity index is 0.00000792. The number of nitrogens with one attached hydrogen (secondary N) is 1. The van der Waals surface area contributed by atoms with Crippen LogP contribution < -0.4 is 44.0 Å². The molecule has 19 N–H and O–H groups in total. The summed E-state index contributed by atoms with van der Waals surface area (Å²) in [5, 5.41) is 83.2. The number of anilines is 1. The van der Waals surface area contributed by atoms with Gasteiger partial charge in [0.25, 0.3) is 0 Å². The van der Waals surface area contributed by atoms with E-state index in [9.17, 15) is 30.6 Å². The molecule has 19 atom stereocenters. The van der Waals surface area contributed by atoms with E-state index in [1.807, 2.05) is 30.5 Å². The fourth-order valence-corrected chi connectivity index (χ4v) is 11.0. The normalized spacial score (nSPS) is 34.9. The number of ether oxygens (including phenoxy) is 7. The zero-order chi connectivity index (χ0) is 56.4. The number of nitrogens with zero attached hydrogens (tertiary/aromatic N) is 9. The molecule has 0 amide bonds. The molecule has 7 heterocycles. The van der Waals surface area contributed by atoms with Crippen molar-refractivity contribution in [2.24, 2.45) is 34.4 Å². The number of unbranched alkanes of at least 4 members (excludes halogenated alkanes) is 1. The topological polar surface area (TPSA) is 439 Å². The van der Waals surface area contributed by atoms with Crippen LogP contribution >= 0.6 is 0 Å². The van der Waals surface area contributed by atoms with E-state index in [0.717, 1.165) is 72.9 Å². The number of piperazine rings is 1. The van der Waals surface area contributed by atoms with Gasteiger partial charge in [-0.05, 0) is 81.6 Å². The lowest BCUT2D eigenvalue weighted by Crippen LogP contribution is -2.68. The largest absolute Gasteiger partial charge is 0.492 e. The zero-order valence-electron chi connectivity index (χ0n) is 44.6. The van der Waals surface area contributed by atoms with Gasteiger partial charge in [-0.15, -0.1) is 10.2 Å². The third-order valence-corrected chi connectivity index (χ3v) is 15.9. The molecule has 1 saturated carbocycles. The molecule has 81 heavy (non-hydrogen) atoms. The van der Waals surface area contributed by atoms with Crippen LogP contribution in [-0.4, -0.2) is 245 Å². The zero-order valence-corrected chi connectivity index (χ0v) is 44.6. The molecule has 448 valence electrons. The lowest BCUT2D eigenvalue weighted by molar-refractivity contribution is -0.306. The minimum Gasteiger partial charge on any atom is -0.492 e. The number of nitrogens with two attached hydrogens (primary N) is 6. The Morgan fingerprint density at radius 1 is 0.642 bits per heavy atom. The summed E-state index contributed by atoms with van der Waals surface area (Å²) in [5.74, 6) is 1.54. The van der Waals surface area contributed by atoms with E-state index in [1.54, 1.807) is 10.9 Å². The number of hydrogen-bond acceptors (Lipinski definition) is 26. The quantitative estimate of drug-likeness (QED) is 0.0308. The van der Waals surface area contributed by atoms with Gasteiger partial charge in [0.05, 0.1) is 53.7 Å². The Kier molecular flexibility index (Phi) is 20.0. The van der Waals surface area contributed by atoms with Gasteiger partial charge in [0.1, 0.15) is 85.3 Å². The molecule has 29 nitrogen and oxygen atoms in total. The smallest absolute Gasteiger partial charge is 0.187 e. The Bertz CT molecular complexity index is 2750. The Morgan fingerprint density at radius 3 is 1.85 bits per heavy atom. The summed E-state index contributed by atoms with van der Waals surface area (Å²) in [6, 6.07) is 9.95. The van der Waals surface area contributed by atoms with Crippen molar-refractivity contribution in [1.29, 1.82) is 0 Å². The van der Waals surface area contributed by atoms with E-state index in [1.165, 1.54) is 10.4 Å². The number of aryl methyl sites for hydroxylation is 2. The molecule has 1 aliphatic carbocycles. The van der Waals surface area contributed by atoms with Crippen molar-refractivity contribution in [2.75, 3.05) is 57.8 Å². The summed E-state index contributed by atoms with van der Waals surface area (Å²) in [5.41, 5.74) is 42.6. The number of fused-ring (bicyclic) bond motifs is 1. The molecule has 0 radical (unpaired) electrons. The highest BCUT2D eigenvalue weighted by Gasteiger charge is 2.54. The summed E-state index contributed by atoms with van der Waals surface area (Å²) in [6.45, 7) is 4.61. The Hall–Kier alpha value is -4.97. The number of hydrogen-bond donors (Lipinski definition) is 13. The van der Waals surface area contributed by atoms with Crippen molar-refractivity contribution in [3.05, 3.63) is 66.2 Å². The molecule has 5 aromatic rings. The molecular formula is C52H82N16O13. The van der Waals surface area contributed by atoms with Crippen LogP contribution in [0.1, 0.15) is 38.1 Å². The number of aliphatic hydroxyl groups is 6. The van der Waals surface area contributed by atoms with E-state index in [2.05, 4.69) is 60.7 Å². The lowest BCUT2D eigenvalue weighted by Gasteiger charge is -2.47. The maximum absolute atomic E-state index is 11.9. The lowest BCUT2D eigenvalue weighted by atomic mass is 9.84. The second-order valence-corrected chi connectivity index (χ2v) is 21.6. The first kappa shape index (κ1) is 60.6. The number of H-pyrrole nitrogens is 1. The number of rotatable bonds is 21. The van der Waals surface area contributed by atoms with Crippen molar-refractivity contribution in [2.45, 2.75) is 169 Å². The average molecular weight is 1140 g/mol. The molecule has 5 aliphatic rings. The Morgan fingerprint density at radius 2 is 1.22 bits per heavy atom. The van der Waals surface area contributed by atoms with Gasteiger partial charge in [-0.1, -0.05) is 17.9 Å². The van der Waals surface area contributed by atoms with E-state index < -0.39 is 116 Å². The van der Waals surface area contributed by atoms with Crippen LogP contribution in [-0.2, 0) is 54.4 Å². The predicted octanol–water partition coefficient (Wildman–Crippen LogP) is -4.43. The molecule has 4 aliphatic heterocycles. The number of imidazole rings is 1. The summed E-state index contributed by atoms with van der Waals surface area (Å²) >= 11 is 0. The van der Waals surface area contributed by atoms with Crippen molar-refractivity contribution >= 4 is 16.7 Å². The van der Waals surface area contributed by atoms with Gasteiger partial charge in [0.15, 0.2) is 18.9 Å². The molecule has 29 heteroatoms. The summed E-state index contributed by atoms with van der Waals surface area (Å²) in [6.07, 6.45) is -13.6. The standard InChI is InChI=1S/C51H78N16O13.CH4/c1-64-12-14-65(15-13-64)28-8-11-32-33(18-28)59-48(58-32)25-6-9-29(10-7-25)74-17-16-66-22-26(60-62-66)4-2-3-5-27-23-67(63-61-27)24-36-46(79-50-38(57)43(72)41(70)35(21-53)76-50)44(73)51(77-36)80-47-39(68)30(54)19-31(55)45(47)78-49-37(56)42(71)40(69)34(20-52)75-49;/h6-11,18,22-23,30-31,34-47,49-51,68-73H,2-5,12-17,19-21,24,52-57H2,1H3,(H,58,59);1H4/t30-,31?,34?,35+,36-,37?,38?,39?,40-,41-,42-,43?,44+,45-,46+,47-,49-,50-,51?;/m1./s1. The first-order valence-corrected chi connectivity index (χ1v) is 27.4. The molecule has 0 spiro atoms. The third-order valence-electron chi connectivity index (χ3n) is 15.9. The van der Waals surface area contributed by atoms with E-state index in [0.29, 0.717) is 31.7 Å². The van der Waals surface area contributed by atoms with Crippen LogP contribution in [0.2, 0.25) is 0 Å². The molecule has 4 saturated heterocycles. The summed E-state index contributed by atoms with van der Waals surface area (Å²) in [7, 11) is 2.15. The van der Waals surface area contributed by atoms with Gasteiger partial charge < -0.3 is 113 Å². The van der Waals surface area contributed by atoms with Gasteiger partial charge in [-0.25, -0.2) is 14.3 Å². The number of aromatic nitrogens is 8. The number of aliphatic hydroxyl groups excluding tert-OH is 6. The number of benzene rings is 2. The van der Waals surface area contributed by atoms with Crippen LogP contribution in [0.25, 0.3) is 22.4 Å². The van der Waals surface area contributed by atoms with Crippen LogP contribution in [0.3, 0.4) is 0 Å². The van der Waals surface area contributed by atoms with Gasteiger partial charge >= 0.3 is 0 Å². The molecule has 2 aromatic carbocycles. The second kappa shape index (κ2) is 26.7. The monoisotopic (exact) mass is 1140 g/mol. The highest BCUT2D eigenvalue weighted by Crippen LogP contribution is 2.35. The van der Waals surface area contributed by atoms with Crippen LogP contribution in [0, 0.1) is 0 Å². The fourth-order valence-electron chi connectivity index (χ4n) is 11.0. The summed E-state index contributed by atoms with van der Waals surface area (Å²) < 4.78 is 46.1. The predicted molar refractivity (Wildman–Crippen MR) is 291 cm³/mol. The van der Waals surface area contributed by atoms with E-state index in [-0.39, 0.29) is 33.5 Å². The number of likely N-dealkylation sites (N-methyl/N-ethyl adjacent to an activating group) is 1. The minimum atomic E-state index is -1.62. The van der Waals surface area contributed by atoms with E-state index >= 15 is 0 Å². The maximum atomic E-state index is 11.9. The van der Waals surface area contributed by atoms with Crippen molar-refractivity contribution in [3.63, 3.8) is 0 Å². The molecular weight excluding hydrogens is 1060 g/mol. The van der Waals surface area contributed by atoms with Crippen LogP contribution in [0.5, 0.6) is 5.75 Å². The molecule has 7 unspecified atom stereocenters. The van der Waals surface area contributed by atoms with Crippen molar-refractivity contribution in [1.82, 2.24) is 44.9 Å². The van der Waals surface area contributed by atoms with Crippen molar-refractivity contribution in [3.8, 4) is 17.1 Å². The van der Waals surface area contributed by atoms with Gasteiger partial charge in [-0.3, -0.25) is 0 Å². The number of aromatic amines is 1. The average Bonchev–Trinajstić information content (AvgIpc) is 4.51. The van der Waals surface area contributed by atoms with Crippen LogP contribution in [0.4, 0.5) is 5.69 Å². The molecule has 0 bridgehead atoms. The first-order chi connectivity index (χ1) is 38.5.